The Bertz CT molecular complexity index is 397. The number of sulfonamides is 1. The molecule has 0 aromatic heterocycles. The highest BCUT2D eigenvalue weighted by Gasteiger charge is 2.23. The van der Waals surface area contributed by atoms with Gasteiger partial charge in [0.2, 0.25) is 10.0 Å². The zero-order valence-corrected chi connectivity index (χ0v) is 13.5. The molecule has 0 aromatic carbocycles. The summed E-state index contributed by atoms with van der Waals surface area (Å²) in [6, 6.07) is 0. The minimum atomic E-state index is -3.33. The normalized spacial score (nSPS) is 27.2. The highest BCUT2D eigenvalue weighted by Crippen LogP contribution is 2.34. The van der Waals surface area contributed by atoms with Gasteiger partial charge in [-0.25, -0.2) is 13.1 Å². The van der Waals surface area contributed by atoms with Crippen LogP contribution in [0.15, 0.2) is 0 Å². The summed E-state index contributed by atoms with van der Waals surface area (Å²) in [5.41, 5.74) is 0. The van der Waals surface area contributed by atoms with Gasteiger partial charge in [-0.05, 0) is 50.5 Å². The average Bonchev–Trinajstić information content (AvgIpc) is 2.35. The molecule has 0 spiro atoms. The van der Waals surface area contributed by atoms with E-state index >= 15 is 0 Å². The molecule has 1 rings (SSSR count). The Hall–Kier alpha value is -0.620. The number of hydrogen-bond acceptors (Lipinski definition) is 4. The molecule has 0 amide bonds. The molecule has 6 heteroatoms. The number of hydrogen-bond donors (Lipinski definition) is 1. The molecule has 5 nitrogen and oxygen atoms in total. The van der Waals surface area contributed by atoms with Gasteiger partial charge in [0.1, 0.15) is 0 Å². The molecule has 0 heterocycles. The van der Waals surface area contributed by atoms with Crippen LogP contribution in [-0.2, 0) is 19.6 Å². The van der Waals surface area contributed by atoms with Crippen molar-refractivity contribution in [3.05, 3.63) is 0 Å². The topological polar surface area (TPSA) is 72.5 Å². The Labute approximate surface area is 122 Å². The summed E-state index contributed by atoms with van der Waals surface area (Å²) >= 11 is 0. The van der Waals surface area contributed by atoms with Crippen LogP contribution >= 0.6 is 0 Å². The van der Waals surface area contributed by atoms with Gasteiger partial charge in [0.15, 0.2) is 0 Å². The van der Waals surface area contributed by atoms with Gasteiger partial charge < -0.3 is 4.74 Å². The average molecular weight is 305 g/mol. The van der Waals surface area contributed by atoms with Crippen LogP contribution in [-0.4, -0.2) is 33.8 Å². The molecule has 1 aliphatic rings. The molecule has 2 unspecified atom stereocenters. The first-order valence-electron chi connectivity index (χ1n) is 7.39. The van der Waals surface area contributed by atoms with E-state index in [0.717, 1.165) is 18.3 Å². The summed E-state index contributed by atoms with van der Waals surface area (Å²) in [5.74, 6) is 1.49. The molecule has 1 fully saturated rings. The zero-order chi connectivity index (χ0) is 15.2. The molecule has 0 aromatic rings. The first kappa shape index (κ1) is 17.4. The quantitative estimate of drug-likeness (QED) is 0.730. The minimum Gasteiger partial charge on any atom is -0.466 e. The van der Waals surface area contributed by atoms with Gasteiger partial charge in [-0.2, -0.15) is 0 Å². The summed E-state index contributed by atoms with van der Waals surface area (Å²) in [6.07, 6.45) is 4.50. The van der Waals surface area contributed by atoms with E-state index < -0.39 is 16.0 Å². The molecule has 1 aliphatic carbocycles. The number of nitrogens with one attached hydrogen (secondary N) is 1. The SMILES string of the molecule is CNS(=O)(=O)CCC(=O)OCCC1CC(C)CC(C)C1. The van der Waals surface area contributed by atoms with Crippen LogP contribution in [0.2, 0.25) is 0 Å². The number of carbonyl (C=O) groups excluding carboxylic acids is 1. The Balaban J connectivity index is 2.19. The molecule has 2 atom stereocenters. The fourth-order valence-corrected chi connectivity index (χ4v) is 3.72. The molecule has 20 heavy (non-hydrogen) atoms. The molecule has 1 saturated carbocycles. The maximum atomic E-state index is 11.5. The molecule has 0 radical (unpaired) electrons. The van der Waals surface area contributed by atoms with Crippen molar-refractivity contribution in [2.24, 2.45) is 17.8 Å². The molecular formula is C14H27NO4S. The second-order valence-electron chi connectivity index (χ2n) is 6.07. The van der Waals surface area contributed by atoms with Crippen molar-refractivity contribution >= 4 is 16.0 Å². The molecule has 0 bridgehead atoms. The lowest BCUT2D eigenvalue weighted by molar-refractivity contribution is -0.143. The third-order valence-corrected chi connectivity index (χ3v) is 5.31. The first-order valence-corrected chi connectivity index (χ1v) is 9.04. The fraction of sp³-hybridized carbons (Fsp3) is 0.929. The number of ether oxygens (including phenoxy) is 1. The van der Waals surface area contributed by atoms with E-state index in [1.54, 1.807) is 0 Å². The standard InChI is InChI=1S/C14H27NO4S/c1-11-8-12(2)10-13(9-11)4-6-19-14(16)5-7-20(17,18)15-3/h11-13,15H,4-10H2,1-3H3. The molecular weight excluding hydrogens is 278 g/mol. The Kier molecular flexibility index (Phi) is 6.95. The predicted molar refractivity (Wildman–Crippen MR) is 78.7 cm³/mol. The van der Waals surface area contributed by atoms with Crippen molar-refractivity contribution in [1.29, 1.82) is 0 Å². The largest absolute Gasteiger partial charge is 0.466 e. The monoisotopic (exact) mass is 305 g/mol. The summed E-state index contributed by atoms with van der Waals surface area (Å²) in [4.78, 5) is 11.5. The molecule has 1 N–H and O–H groups in total. The van der Waals surface area contributed by atoms with Crippen LogP contribution in [0.3, 0.4) is 0 Å². The minimum absolute atomic E-state index is 0.0827. The Morgan fingerprint density at radius 1 is 1.20 bits per heavy atom. The van der Waals surface area contributed by atoms with E-state index in [9.17, 15) is 13.2 Å². The number of rotatable bonds is 7. The maximum absolute atomic E-state index is 11.5. The van der Waals surface area contributed by atoms with E-state index in [4.69, 9.17) is 4.74 Å². The van der Waals surface area contributed by atoms with Crippen molar-refractivity contribution in [2.45, 2.75) is 46.0 Å². The van der Waals surface area contributed by atoms with Crippen LogP contribution in [0.4, 0.5) is 0 Å². The van der Waals surface area contributed by atoms with Gasteiger partial charge in [0.05, 0.1) is 18.8 Å². The van der Waals surface area contributed by atoms with Gasteiger partial charge in [0, 0.05) is 0 Å². The van der Waals surface area contributed by atoms with E-state index in [2.05, 4.69) is 18.6 Å². The van der Waals surface area contributed by atoms with Crippen LogP contribution in [0.5, 0.6) is 0 Å². The second-order valence-corrected chi connectivity index (χ2v) is 8.11. The number of carbonyl (C=O) groups is 1. The van der Waals surface area contributed by atoms with E-state index in [0.29, 0.717) is 12.5 Å². The number of esters is 1. The maximum Gasteiger partial charge on any atom is 0.306 e. The van der Waals surface area contributed by atoms with Gasteiger partial charge in [-0.3, -0.25) is 4.79 Å². The van der Waals surface area contributed by atoms with Crippen LogP contribution in [0, 0.1) is 17.8 Å². The lowest BCUT2D eigenvalue weighted by Crippen LogP contribution is -2.24. The van der Waals surface area contributed by atoms with Gasteiger partial charge in [-0.15, -0.1) is 0 Å². The van der Waals surface area contributed by atoms with E-state index in [1.807, 2.05) is 0 Å². The third-order valence-electron chi connectivity index (χ3n) is 3.95. The summed E-state index contributed by atoms with van der Waals surface area (Å²) < 4.78 is 29.7. The highest BCUT2D eigenvalue weighted by molar-refractivity contribution is 7.89. The second kappa shape index (κ2) is 7.98. The Morgan fingerprint density at radius 3 is 2.35 bits per heavy atom. The van der Waals surface area contributed by atoms with Gasteiger partial charge >= 0.3 is 5.97 Å². The van der Waals surface area contributed by atoms with Gasteiger partial charge in [0.25, 0.3) is 0 Å². The first-order chi connectivity index (χ1) is 9.32. The summed E-state index contributed by atoms with van der Waals surface area (Å²) in [6.45, 7) is 4.96. The van der Waals surface area contributed by atoms with Crippen molar-refractivity contribution in [1.82, 2.24) is 4.72 Å². The van der Waals surface area contributed by atoms with Gasteiger partial charge in [-0.1, -0.05) is 13.8 Å². The highest BCUT2D eigenvalue weighted by atomic mass is 32.2. The van der Waals surface area contributed by atoms with Crippen LogP contribution < -0.4 is 4.72 Å². The lowest BCUT2D eigenvalue weighted by atomic mass is 9.75. The van der Waals surface area contributed by atoms with E-state index in [1.165, 1.54) is 26.3 Å². The molecule has 0 aliphatic heterocycles. The van der Waals surface area contributed by atoms with Crippen molar-refractivity contribution < 1.29 is 17.9 Å². The fourth-order valence-electron chi connectivity index (χ4n) is 3.08. The lowest BCUT2D eigenvalue weighted by Gasteiger charge is -2.31. The van der Waals surface area contributed by atoms with Crippen molar-refractivity contribution in [3.8, 4) is 0 Å². The molecule has 118 valence electrons. The van der Waals surface area contributed by atoms with Crippen molar-refractivity contribution in [3.63, 3.8) is 0 Å². The zero-order valence-electron chi connectivity index (χ0n) is 12.7. The van der Waals surface area contributed by atoms with Crippen LogP contribution in [0.1, 0.15) is 46.0 Å². The third kappa shape index (κ3) is 6.70. The smallest absolute Gasteiger partial charge is 0.306 e. The van der Waals surface area contributed by atoms with Crippen molar-refractivity contribution in [2.75, 3.05) is 19.4 Å². The molecule has 0 saturated heterocycles. The predicted octanol–water partition coefficient (Wildman–Crippen LogP) is 1.93. The summed E-state index contributed by atoms with van der Waals surface area (Å²) in [7, 11) is -1.99. The van der Waals surface area contributed by atoms with Crippen LogP contribution in [0.25, 0.3) is 0 Å². The summed E-state index contributed by atoms with van der Waals surface area (Å²) in [5, 5.41) is 0. The Morgan fingerprint density at radius 2 is 1.80 bits per heavy atom. The van der Waals surface area contributed by atoms with E-state index in [-0.39, 0.29) is 12.2 Å².